The average molecular weight is 300 g/mol. The van der Waals surface area contributed by atoms with Gasteiger partial charge in [0.15, 0.2) is 11.6 Å². The molecular weight excluding hydrogens is 279 g/mol. The molecule has 0 bridgehead atoms. The third kappa shape index (κ3) is 4.71. The summed E-state index contributed by atoms with van der Waals surface area (Å²) in [4.78, 5) is 0. The quantitative estimate of drug-likeness (QED) is 0.657. The molecule has 0 aliphatic heterocycles. The van der Waals surface area contributed by atoms with Crippen LogP contribution in [0.2, 0.25) is 0 Å². The molecule has 0 heterocycles. The van der Waals surface area contributed by atoms with Crippen LogP contribution in [0.5, 0.6) is 11.5 Å². The van der Waals surface area contributed by atoms with Crippen LogP contribution in [-0.2, 0) is 11.3 Å². The Morgan fingerprint density at radius 3 is 2.50 bits per heavy atom. The monoisotopic (exact) mass is 300 g/mol. The molecule has 0 saturated carbocycles. The molecular formula is C19H21FO2. The molecule has 3 heteroatoms. The van der Waals surface area contributed by atoms with Gasteiger partial charge in [-0.05, 0) is 50.6 Å². The molecule has 0 saturated heterocycles. The number of hydrogen-bond acceptors (Lipinski definition) is 2. The first-order chi connectivity index (χ1) is 10.5. The van der Waals surface area contributed by atoms with E-state index in [0.29, 0.717) is 12.4 Å². The molecule has 0 N–H and O–H groups in total. The summed E-state index contributed by atoms with van der Waals surface area (Å²) in [5, 5.41) is 0. The Morgan fingerprint density at radius 2 is 1.82 bits per heavy atom. The van der Waals surface area contributed by atoms with Gasteiger partial charge in [0.1, 0.15) is 5.75 Å². The van der Waals surface area contributed by atoms with E-state index in [1.165, 1.54) is 6.07 Å². The van der Waals surface area contributed by atoms with Crippen LogP contribution in [0, 0.1) is 5.82 Å². The summed E-state index contributed by atoms with van der Waals surface area (Å²) in [6.07, 6.45) is 3.94. The molecule has 2 aromatic carbocycles. The van der Waals surface area contributed by atoms with Crippen molar-refractivity contribution in [3.8, 4) is 11.5 Å². The van der Waals surface area contributed by atoms with Crippen molar-refractivity contribution < 1.29 is 13.9 Å². The first kappa shape index (κ1) is 16.2. The fourth-order valence-corrected chi connectivity index (χ4v) is 2.05. The lowest BCUT2D eigenvalue weighted by molar-refractivity contribution is 0.00696. The van der Waals surface area contributed by atoms with Crippen molar-refractivity contribution in [1.29, 1.82) is 0 Å². The minimum atomic E-state index is -0.389. The molecule has 0 atom stereocenters. The van der Waals surface area contributed by atoms with Crippen molar-refractivity contribution in [2.45, 2.75) is 33.0 Å². The van der Waals surface area contributed by atoms with Crippen LogP contribution in [0.3, 0.4) is 0 Å². The van der Waals surface area contributed by atoms with E-state index in [1.807, 2.05) is 51.1 Å². The highest BCUT2D eigenvalue weighted by atomic mass is 19.1. The number of hydrogen-bond donors (Lipinski definition) is 0. The first-order valence-electron chi connectivity index (χ1n) is 7.29. The molecule has 0 aliphatic rings. The van der Waals surface area contributed by atoms with Gasteiger partial charge in [0.2, 0.25) is 0 Å². The highest BCUT2D eigenvalue weighted by Gasteiger charge is 2.14. The van der Waals surface area contributed by atoms with E-state index in [9.17, 15) is 4.39 Å². The lowest BCUT2D eigenvalue weighted by atomic mass is 10.1. The number of para-hydroxylation sites is 1. The Kier molecular flexibility index (Phi) is 5.34. The zero-order valence-electron chi connectivity index (χ0n) is 13.2. The molecule has 0 unspecified atom stereocenters. The van der Waals surface area contributed by atoms with Crippen LogP contribution in [0.1, 0.15) is 26.3 Å². The summed E-state index contributed by atoms with van der Waals surface area (Å²) in [5.41, 5.74) is 0.508. The highest BCUT2D eigenvalue weighted by Crippen LogP contribution is 2.26. The van der Waals surface area contributed by atoms with Crippen LogP contribution in [0.25, 0.3) is 0 Å². The molecule has 2 nitrogen and oxygen atoms in total. The van der Waals surface area contributed by atoms with Crippen LogP contribution in [0.4, 0.5) is 4.39 Å². The number of benzene rings is 2. The predicted molar refractivity (Wildman–Crippen MR) is 86.6 cm³/mol. The number of ether oxygens (including phenoxy) is 2. The Balaban J connectivity index is 2.10. The van der Waals surface area contributed by atoms with Gasteiger partial charge in [0.25, 0.3) is 0 Å². The average Bonchev–Trinajstić information content (AvgIpc) is 2.49. The fourth-order valence-electron chi connectivity index (χ4n) is 2.05. The van der Waals surface area contributed by atoms with Gasteiger partial charge in [-0.3, -0.25) is 0 Å². The van der Waals surface area contributed by atoms with Gasteiger partial charge in [-0.2, -0.15) is 0 Å². The normalized spacial score (nSPS) is 11.8. The van der Waals surface area contributed by atoms with E-state index in [1.54, 1.807) is 24.3 Å². The molecule has 2 aromatic rings. The predicted octanol–water partition coefficient (Wildman–Crippen LogP) is 5.49. The van der Waals surface area contributed by atoms with Gasteiger partial charge in [0.05, 0.1) is 12.2 Å². The zero-order valence-corrected chi connectivity index (χ0v) is 13.2. The summed E-state index contributed by atoms with van der Waals surface area (Å²) < 4.78 is 25.3. The number of halogens is 1. The van der Waals surface area contributed by atoms with E-state index in [2.05, 4.69) is 0 Å². The topological polar surface area (TPSA) is 18.5 Å². The van der Waals surface area contributed by atoms with Crippen molar-refractivity contribution in [3.63, 3.8) is 0 Å². The molecule has 116 valence electrons. The maximum Gasteiger partial charge on any atom is 0.165 e. The maximum absolute atomic E-state index is 13.9. The highest BCUT2D eigenvalue weighted by molar-refractivity contribution is 5.35. The largest absolute Gasteiger partial charge is 0.454 e. The summed E-state index contributed by atoms with van der Waals surface area (Å²) in [6, 6.07) is 13.9. The summed E-state index contributed by atoms with van der Waals surface area (Å²) >= 11 is 0. The van der Waals surface area contributed by atoms with Crippen molar-refractivity contribution in [1.82, 2.24) is 0 Å². The summed E-state index contributed by atoms with van der Waals surface area (Å²) in [5.74, 6) is 0.421. The Hall–Kier alpha value is -2.13. The van der Waals surface area contributed by atoms with Gasteiger partial charge in [-0.1, -0.05) is 36.4 Å². The van der Waals surface area contributed by atoms with E-state index in [-0.39, 0.29) is 17.2 Å². The summed E-state index contributed by atoms with van der Waals surface area (Å²) in [7, 11) is 0. The van der Waals surface area contributed by atoms with Crippen LogP contribution < -0.4 is 4.74 Å². The number of rotatable bonds is 6. The van der Waals surface area contributed by atoms with Crippen LogP contribution >= 0.6 is 0 Å². The third-order valence-corrected chi connectivity index (χ3v) is 3.15. The van der Waals surface area contributed by atoms with Crippen LogP contribution in [0.15, 0.2) is 60.7 Å². The molecule has 0 spiro atoms. The Bertz CT molecular complexity index is 633. The molecule has 0 aliphatic carbocycles. The molecule has 0 amide bonds. The van der Waals surface area contributed by atoms with Crippen molar-refractivity contribution in [2.24, 2.45) is 0 Å². The van der Waals surface area contributed by atoms with E-state index < -0.39 is 0 Å². The standard InChI is InChI=1S/C19H21FO2/c1-4-12-19(2,3)21-14-15-10-11-17(20)18(13-15)22-16-8-6-5-7-9-16/h4-13H,14H2,1-3H3. The second kappa shape index (κ2) is 7.23. The minimum absolute atomic E-state index is 0.205. The molecule has 0 fully saturated rings. The van der Waals surface area contributed by atoms with Crippen molar-refractivity contribution >= 4 is 0 Å². The third-order valence-electron chi connectivity index (χ3n) is 3.15. The SMILES string of the molecule is CC=CC(C)(C)OCc1ccc(F)c(Oc2ccccc2)c1. The maximum atomic E-state index is 13.9. The van der Waals surface area contributed by atoms with E-state index >= 15 is 0 Å². The fraction of sp³-hybridized carbons (Fsp3) is 0.263. The minimum Gasteiger partial charge on any atom is -0.454 e. The van der Waals surface area contributed by atoms with Gasteiger partial charge in [-0.15, -0.1) is 0 Å². The zero-order chi connectivity index (χ0) is 16.0. The van der Waals surface area contributed by atoms with Gasteiger partial charge >= 0.3 is 0 Å². The van der Waals surface area contributed by atoms with Gasteiger partial charge < -0.3 is 9.47 Å². The van der Waals surface area contributed by atoms with Crippen molar-refractivity contribution in [2.75, 3.05) is 0 Å². The van der Waals surface area contributed by atoms with E-state index in [4.69, 9.17) is 9.47 Å². The Labute approximate surface area is 131 Å². The van der Waals surface area contributed by atoms with E-state index in [0.717, 1.165) is 5.56 Å². The Morgan fingerprint density at radius 1 is 1.09 bits per heavy atom. The molecule has 0 aromatic heterocycles. The second-order valence-electron chi connectivity index (χ2n) is 5.57. The second-order valence-corrected chi connectivity index (χ2v) is 5.57. The molecule has 2 rings (SSSR count). The van der Waals surface area contributed by atoms with Gasteiger partial charge in [-0.25, -0.2) is 4.39 Å². The number of allylic oxidation sites excluding steroid dienone is 1. The van der Waals surface area contributed by atoms with Crippen molar-refractivity contribution in [3.05, 3.63) is 72.1 Å². The summed E-state index contributed by atoms with van der Waals surface area (Å²) in [6.45, 7) is 6.31. The lowest BCUT2D eigenvalue weighted by Gasteiger charge is -2.21. The molecule has 22 heavy (non-hydrogen) atoms. The lowest BCUT2D eigenvalue weighted by Crippen LogP contribution is -2.20. The smallest absolute Gasteiger partial charge is 0.165 e. The van der Waals surface area contributed by atoms with Gasteiger partial charge in [0, 0.05) is 0 Å². The first-order valence-corrected chi connectivity index (χ1v) is 7.29. The van der Waals surface area contributed by atoms with Crippen LogP contribution in [-0.4, -0.2) is 5.60 Å². The molecule has 0 radical (unpaired) electrons.